The molecule has 0 unspecified atom stereocenters. The summed E-state index contributed by atoms with van der Waals surface area (Å²) in [5, 5.41) is 0. The van der Waals surface area contributed by atoms with Gasteiger partial charge in [0.25, 0.3) is 0 Å². The minimum atomic E-state index is 0. The van der Waals surface area contributed by atoms with Crippen molar-refractivity contribution < 1.29 is 65.9 Å². The number of rotatable bonds is 0. The van der Waals surface area contributed by atoms with Gasteiger partial charge in [0.05, 0.1) is 0 Å². The first-order valence-corrected chi connectivity index (χ1v) is 0. The molecule has 0 fully saturated rings. The molecule has 0 aromatic rings. The van der Waals surface area contributed by atoms with E-state index in [1.807, 2.05) is 0 Å². The average molecular weight is 132 g/mol. The van der Waals surface area contributed by atoms with Crippen molar-refractivity contribution in [1.82, 2.24) is 0 Å². The third-order valence-corrected chi connectivity index (χ3v) is 0. The van der Waals surface area contributed by atoms with E-state index in [-0.39, 0.29) is 65.9 Å². The Labute approximate surface area is 66.3 Å². The molecular formula is H4F6Li2. The zero-order valence-electron chi connectivity index (χ0n) is 4.39. The predicted molar refractivity (Wildman–Crippen MR) is 10.0 cm³/mol. The van der Waals surface area contributed by atoms with Gasteiger partial charge in [-0.15, -0.1) is 0 Å². The standard InChI is InChI=1S/6FH.2Li/h6*1H;;/q;;;;;;2*+1/p-2. The molecule has 0 aromatic carbocycles. The van der Waals surface area contributed by atoms with Crippen LogP contribution in [-0.4, -0.2) is 0 Å². The first-order valence-electron chi connectivity index (χ1n) is 0. The molecule has 0 aromatic heterocycles. The van der Waals surface area contributed by atoms with Crippen molar-refractivity contribution in [3.05, 3.63) is 0 Å². The smallest absolute Gasteiger partial charge is 1.00 e. The largest absolute Gasteiger partial charge is 1.00 e. The Balaban J connectivity index is 0. The van der Waals surface area contributed by atoms with Crippen LogP contribution in [0.15, 0.2) is 0 Å². The summed E-state index contributed by atoms with van der Waals surface area (Å²) in [7, 11) is 0. The molecule has 0 rings (SSSR count). The van der Waals surface area contributed by atoms with Gasteiger partial charge in [-0.3, -0.25) is 18.8 Å². The van der Waals surface area contributed by atoms with Crippen molar-refractivity contribution >= 4 is 0 Å². The van der Waals surface area contributed by atoms with Crippen LogP contribution >= 0.6 is 0 Å². The molecule has 8 heteroatoms. The second-order valence-corrected chi connectivity index (χ2v) is 0. The van der Waals surface area contributed by atoms with Crippen molar-refractivity contribution in [3.63, 3.8) is 0 Å². The number of hydrogen-bond acceptors (Lipinski definition) is 0. The molecule has 0 bridgehead atoms. The van der Waals surface area contributed by atoms with Crippen LogP contribution in [0.2, 0.25) is 0 Å². The molecular weight excluding hydrogens is 128 g/mol. The molecule has 8 heavy (non-hydrogen) atoms. The molecule has 0 aliphatic carbocycles. The maximum atomic E-state index is 0. The van der Waals surface area contributed by atoms with Crippen LogP contribution in [0.25, 0.3) is 0 Å². The molecule has 0 spiro atoms. The summed E-state index contributed by atoms with van der Waals surface area (Å²) in [6, 6.07) is 0. The van der Waals surface area contributed by atoms with E-state index in [2.05, 4.69) is 0 Å². The van der Waals surface area contributed by atoms with Gasteiger partial charge in [-0.25, -0.2) is 0 Å². The third-order valence-electron chi connectivity index (χ3n) is 0. The summed E-state index contributed by atoms with van der Waals surface area (Å²) in [5.41, 5.74) is 0. The van der Waals surface area contributed by atoms with Crippen molar-refractivity contribution in [2.75, 3.05) is 0 Å². The molecule has 0 aliphatic heterocycles. The molecule has 0 saturated carbocycles. The van der Waals surface area contributed by atoms with E-state index in [9.17, 15) is 0 Å². The van der Waals surface area contributed by atoms with Gasteiger partial charge in [0.15, 0.2) is 0 Å². The molecule has 48 valence electrons. The quantitative estimate of drug-likeness (QED) is 0.227. The SMILES string of the molecule is F.F.F.F.[F-].[F-].[Li+].[Li+]. The van der Waals surface area contributed by atoms with Crippen molar-refractivity contribution in [1.29, 1.82) is 0 Å². The topological polar surface area (TPSA) is 0 Å². The summed E-state index contributed by atoms with van der Waals surface area (Å²) in [6.45, 7) is 0. The summed E-state index contributed by atoms with van der Waals surface area (Å²) < 4.78 is 0. The minimum Gasteiger partial charge on any atom is -1.00 e. The molecule has 0 saturated heterocycles. The Morgan fingerprint density at radius 3 is 0.375 bits per heavy atom. The van der Waals surface area contributed by atoms with Crippen molar-refractivity contribution in [2.24, 2.45) is 0 Å². The Hall–Kier alpha value is 0.775. The molecule has 0 atom stereocenters. The molecule has 0 radical (unpaired) electrons. The van der Waals surface area contributed by atoms with Crippen molar-refractivity contribution in [3.8, 4) is 0 Å². The van der Waals surface area contributed by atoms with E-state index < -0.39 is 0 Å². The third kappa shape index (κ3) is 376. The summed E-state index contributed by atoms with van der Waals surface area (Å²) >= 11 is 0. The molecule has 0 aliphatic rings. The van der Waals surface area contributed by atoms with Crippen LogP contribution in [-0.2, 0) is 0 Å². The van der Waals surface area contributed by atoms with E-state index in [4.69, 9.17) is 0 Å². The van der Waals surface area contributed by atoms with Crippen LogP contribution < -0.4 is 47.1 Å². The summed E-state index contributed by atoms with van der Waals surface area (Å²) in [6.07, 6.45) is 0. The zero-order valence-corrected chi connectivity index (χ0v) is 4.39. The normalized spacial score (nSPS) is 0. The zero-order chi connectivity index (χ0) is 0. The fraction of sp³-hybridized carbons (Fsp3) is 0. The molecule has 0 heterocycles. The Morgan fingerprint density at radius 1 is 0.375 bits per heavy atom. The van der Waals surface area contributed by atoms with E-state index >= 15 is 0 Å². The second-order valence-electron chi connectivity index (χ2n) is 0. The minimum absolute atomic E-state index is 0. The first kappa shape index (κ1) is 884. The van der Waals surface area contributed by atoms with Crippen LogP contribution in [0.5, 0.6) is 0 Å². The van der Waals surface area contributed by atoms with E-state index in [0.717, 1.165) is 0 Å². The van der Waals surface area contributed by atoms with E-state index in [1.54, 1.807) is 0 Å². The number of hydrogen-bond donors (Lipinski definition) is 0. The van der Waals surface area contributed by atoms with Crippen LogP contribution in [0.4, 0.5) is 18.8 Å². The average Bonchev–Trinajstić information content (AvgIpc) is 0. The predicted octanol–water partition coefficient (Wildman–Crippen LogP) is -11.4. The summed E-state index contributed by atoms with van der Waals surface area (Å²) in [4.78, 5) is 0. The van der Waals surface area contributed by atoms with Gasteiger partial charge >= 0.3 is 37.7 Å². The van der Waals surface area contributed by atoms with Gasteiger partial charge in [0.2, 0.25) is 0 Å². The first-order chi connectivity index (χ1) is 0. The van der Waals surface area contributed by atoms with E-state index in [1.165, 1.54) is 0 Å². The van der Waals surface area contributed by atoms with E-state index in [0.29, 0.717) is 0 Å². The Kier molecular flexibility index (Phi) is 65700. The van der Waals surface area contributed by atoms with Crippen LogP contribution in [0.1, 0.15) is 0 Å². The van der Waals surface area contributed by atoms with Gasteiger partial charge in [0, 0.05) is 0 Å². The fourth-order valence-corrected chi connectivity index (χ4v) is 0. The molecule has 0 amide bonds. The molecule has 0 nitrogen and oxygen atoms in total. The van der Waals surface area contributed by atoms with Crippen molar-refractivity contribution in [2.45, 2.75) is 0 Å². The second kappa shape index (κ2) is 594. The van der Waals surface area contributed by atoms with Gasteiger partial charge < -0.3 is 9.41 Å². The van der Waals surface area contributed by atoms with Gasteiger partial charge in [-0.1, -0.05) is 0 Å². The van der Waals surface area contributed by atoms with Gasteiger partial charge in [-0.05, 0) is 0 Å². The maximum absolute atomic E-state index is 0. The monoisotopic (exact) mass is 132 g/mol. The van der Waals surface area contributed by atoms with Gasteiger partial charge in [0.1, 0.15) is 0 Å². The Morgan fingerprint density at radius 2 is 0.375 bits per heavy atom. The van der Waals surface area contributed by atoms with Crippen LogP contribution in [0.3, 0.4) is 0 Å². The van der Waals surface area contributed by atoms with Crippen LogP contribution in [0, 0.1) is 0 Å². The summed E-state index contributed by atoms with van der Waals surface area (Å²) in [5.74, 6) is 0. The molecule has 0 N–H and O–H groups in total. The Bertz CT molecular complexity index is 6.49. The van der Waals surface area contributed by atoms with Gasteiger partial charge in [-0.2, -0.15) is 0 Å². The number of halogens is 6. The maximum Gasteiger partial charge on any atom is 1.00 e. The fourth-order valence-electron chi connectivity index (χ4n) is 0.